The fraction of sp³-hybridized carbons (Fsp3) is 0.385. The number of hydrogen-bond donors (Lipinski definition) is 0. The zero-order chi connectivity index (χ0) is 24.7. The van der Waals surface area contributed by atoms with Crippen LogP contribution in [0.1, 0.15) is 24.2 Å². The van der Waals surface area contributed by atoms with Crippen molar-refractivity contribution in [2.75, 3.05) is 32.2 Å². The van der Waals surface area contributed by atoms with Crippen LogP contribution in [-0.2, 0) is 6.54 Å². The lowest BCUT2D eigenvalue weighted by molar-refractivity contribution is 0.348. The first-order valence-electron chi connectivity index (χ1n) is 11.7. The monoisotopic (exact) mass is 493 g/mol. The summed E-state index contributed by atoms with van der Waals surface area (Å²) in [5.41, 5.74) is 2.56. The molecule has 2 aromatic carbocycles. The van der Waals surface area contributed by atoms with Gasteiger partial charge in [-0.3, -0.25) is 9.36 Å². The summed E-state index contributed by atoms with van der Waals surface area (Å²) in [4.78, 5) is 29.1. The number of nitrogens with zero attached hydrogens (tertiary/aromatic N) is 5. The highest BCUT2D eigenvalue weighted by molar-refractivity contribution is 6.28. The van der Waals surface area contributed by atoms with Gasteiger partial charge in [0, 0.05) is 31.1 Å². The summed E-state index contributed by atoms with van der Waals surface area (Å²) in [6.07, 6.45) is 1.85. The number of aryl methyl sites for hydroxylation is 2. The standard InChI is InChI=1S/C26H28ClN5O3/c1-15-5-6-20-19(11-15)25(33)32(16(2)28-20)14-17-7-9-31(10-8-17)24-18-12-22(34-3)23(35-4)13-21(18)29-26(27)30-24/h5-6,11-13,17H,7-10,14H2,1-4H3. The molecule has 4 aromatic rings. The minimum atomic E-state index is 0.0354. The molecule has 0 N–H and O–H groups in total. The van der Waals surface area contributed by atoms with E-state index in [1.54, 1.807) is 14.2 Å². The van der Waals surface area contributed by atoms with E-state index in [2.05, 4.69) is 19.9 Å². The van der Waals surface area contributed by atoms with Crippen molar-refractivity contribution in [3.05, 3.63) is 57.4 Å². The molecule has 0 unspecified atom stereocenters. The molecule has 3 heterocycles. The normalized spacial score (nSPS) is 14.6. The van der Waals surface area contributed by atoms with Crippen LogP contribution in [0.15, 0.2) is 35.1 Å². The van der Waals surface area contributed by atoms with Crippen molar-refractivity contribution >= 4 is 39.2 Å². The second-order valence-corrected chi connectivity index (χ2v) is 9.40. The molecular weight excluding hydrogens is 466 g/mol. The first-order valence-corrected chi connectivity index (χ1v) is 12.1. The molecule has 5 rings (SSSR count). The Balaban J connectivity index is 1.39. The van der Waals surface area contributed by atoms with Crippen LogP contribution in [-0.4, -0.2) is 46.8 Å². The Morgan fingerprint density at radius 1 is 0.943 bits per heavy atom. The van der Waals surface area contributed by atoms with Crippen LogP contribution in [0.25, 0.3) is 21.8 Å². The number of rotatable bonds is 5. The van der Waals surface area contributed by atoms with E-state index in [-0.39, 0.29) is 10.8 Å². The maximum absolute atomic E-state index is 13.2. The number of hydrogen-bond acceptors (Lipinski definition) is 7. The van der Waals surface area contributed by atoms with Crippen LogP contribution >= 0.6 is 11.6 Å². The van der Waals surface area contributed by atoms with Crippen LogP contribution in [0.3, 0.4) is 0 Å². The minimum absolute atomic E-state index is 0.0354. The van der Waals surface area contributed by atoms with Gasteiger partial charge in [-0.1, -0.05) is 11.6 Å². The van der Waals surface area contributed by atoms with Gasteiger partial charge in [0.05, 0.1) is 30.6 Å². The van der Waals surface area contributed by atoms with Crippen LogP contribution < -0.4 is 19.9 Å². The zero-order valence-electron chi connectivity index (χ0n) is 20.3. The zero-order valence-corrected chi connectivity index (χ0v) is 21.1. The van der Waals surface area contributed by atoms with Gasteiger partial charge in [0.25, 0.3) is 5.56 Å². The molecule has 0 aliphatic carbocycles. The summed E-state index contributed by atoms with van der Waals surface area (Å²) in [5.74, 6) is 3.12. The molecule has 0 amide bonds. The van der Waals surface area contributed by atoms with Gasteiger partial charge >= 0.3 is 0 Å². The van der Waals surface area contributed by atoms with Crippen molar-refractivity contribution in [3.63, 3.8) is 0 Å². The molecule has 35 heavy (non-hydrogen) atoms. The number of methoxy groups -OCH3 is 2. The summed E-state index contributed by atoms with van der Waals surface area (Å²) in [5, 5.41) is 1.74. The Bertz CT molecular complexity index is 1480. The highest BCUT2D eigenvalue weighted by atomic mass is 35.5. The second-order valence-electron chi connectivity index (χ2n) is 9.07. The minimum Gasteiger partial charge on any atom is -0.493 e. The molecule has 1 saturated heterocycles. The Hall–Kier alpha value is -3.39. The molecule has 1 aliphatic heterocycles. The van der Waals surface area contributed by atoms with Gasteiger partial charge in [0.2, 0.25) is 5.28 Å². The summed E-state index contributed by atoms with van der Waals surface area (Å²) in [7, 11) is 3.20. The van der Waals surface area contributed by atoms with Gasteiger partial charge in [0.1, 0.15) is 11.6 Å². The number of fused-ring (bicyclic) bond motifs is 2. The van der Waals surface area contributed by atoms with E-state index in [1.165, 1.54) is 0 Å². The smallest absolute Gasteiger partial charge is 0.261 e. The molecule has 2 aromatic heterocycles. The highest BCUT2D eigenvalue weighted by Crippen LogP contribution is 2.37. The molecule has 8 nitrogen and oxygen atoms in total. The Morgan fingerprint density at radius 2 is 1.66 bits per heavy atom. The Kier molecular flexibility index (Phi) is 6.23. The summed E-state index contributed by atoms with van der Waals surface area (Å²) >= 11 is 6.28. The van der Waals surface area contributed by atoms with Gasteiger partial charge in [-0.05, 0) is 62.4 Å². The predicted octanol–water partition coefficient (Wildman–Crippen LogP) is 4.54. The van der Waals surface area contributed by atoms with E-state index < -0.39 is 0 Å². The summed E-state index contributed by atoms with van der Waals surface area (Å²) in [6.45, 7) is 6.16. The van der Waals surface area contributed by atoms with Crippen LogP contribution in [0.5, 0.6) is 11.5 Å². The number of anilines is 1. The quantitative estimate of drug-likeness (QED) is 0.377. The van der Waals surface area contributed by atoms with Gasteiger partial charge in [0.15, 0.2) is 11.5 Å². The van der Waals surface area contributed by atoms with Gasteiger partial charge < -0.3 is 14.4 Å². The SMILES string of the molecule is COc1cc2nc(Cl)nc(N3CCC(Cn4c(C)nc5ccc(C)cc5c4=O)CC3)c2cc1OC. The fourth-order valence-electron chi connectivity index (χ4n) is 4.90. The Morgan fingerprint density at radius 3 is 2.37 bits per heavy atom. The number of aromatic nitrogens is 4. The van der Waals surface area contributed by atoms with Crippen molar-refractivity contribution in [2.24, 2.45) is 5.92 Å². The molecule has 0 bridgehead atoms. The molecule has 0 atom stereocenters. The maximum atomic E-state index is 13.2. The van der Waals surface area contributed by atoms with Gasteiger partial charge in [-0.2, -0.15) is 4.98 Å². The molecule has 182 valence electrons. The lowest BCUT2D eigenvalue weighted by Gasteiger charge is -2.33. The van der Waals surface area contributed by atoms with Gasteiger partial charge in [-0.25, -0.2) is 9.97 Å². The summed E-state index contributed by atoms with van der Waals surface area (Å²) < 4.78 is 12.7. The number of benzene rings is 2. The van der Waals surface area contributed by atoms with Crippen LogP contribution in [0.4, 0.5) is 5.82 Å². The molecule has 9 heteroatoms. The van der Waals surface area contributed by atoms with E-state index in [0.717, 1.165) is 54.0 Å². The molecule has 1 fully saturated rings. The van der Waals surface area contributed by atoms with E-state index in [0.29, 0.717) is 34.9 Å². The topological polar surface area (TPSA) is 82.4 Å². The predicted molar refractivity (Wildman–Crippen MR) is 138 cm³/mol. The number of halogens is 1. The van der Waals surface area contributed by atoms with E-state index >= 15 is 0 Å². The van der Waals surface area contributed by atoms with Crippen molar-refractivity contribution in [3.8, 4) is 11.5 Å². The molecule has 0 radical (unpaired) electrons. The highest BCUT2D eigenvalue weighted by Gasteiger charge is 2.24. The van der Waals surface area contributed by atoms with Crippen molar-refractivity contribution in [1.82, 2.24) is 19.5 Å². The Labute approximate surface area is 208 Å². The van der Waals surface area contributed by atoms with Crippen LogP contribution in [0.2, 0.25) is 5.28 Å². The van der Waals surface area contributed by atoms with Crippen molar-refractivity contribution in [2.45, 2.75) is 33.2 Å². The van der Waals surface area contributed by atoms with Crippen molar-refractivity contribution < 1.29 is 9.47 Å². The number of piperidine rings is 1. The molecule has 0 spiro atoms. The third-order valence-corrected chi connectivity index (χ3v) is 6.98. The second kappa shape index (κ2) is 9.34. The van der Waals surface area contributed by atoms with Crippen molar-refractivity contribution in [1.29, 1.82) is 0 Å². The van der Waals surface area contributed by atoms with E-state index in [9.17, 15) is 4.79 Å². The van der Waals surface area contributed by atoms with E-state index in [1.807, 2.05) is 48.7 Å². The average Bonchev–Trinajstić information content (AvgIpc) is 2.86. The third kappa shape index (κ3) is 4.38. The molecular formula is C26H28ClN5O3. The lowest BCUT2D eigenvalue weighted by Crippen LogP contribution is -2.37. The lowest BCUT2D eigenvalue weighted by atomic mass is 9.96. The molecule has 0 saturated carbocycles. The molecule has 1 aliphatic rings. The maximum Gasteiger partial charge on any atom is 0.261 e. The number of ether oxygens (including phenoxy) is 2. The van der Waals surface area contributed by atoms with Gasteiger partial charge in [-0.15, -0.1) is 0 Å². The van der Waals surface area contributed by atoms with E-state index in [4.69, 9.17) is 21.1 Å². The fourth-order valence-corrected chi connectivity index (χ4v) is 5.07. The first-order chi connectivity index (χ1) is 16.9. The van der Waals surface area contributed by atoms with Crippen LogP contribution in [0, 0.1) is 19.8 Å². The average molecular weight is 494 g/mol. The largest absolute Gasteiger partial charge is 0.493 e. The third-order valence-electron chi connectivity index (χ3n) is 6.81. The first kappa shape index (κ1) is 23.4. The summed E-state index contributed by atoms with van der Waals surface area (Å²) in [6, 6.07) is 9.56.